The highest BCUT2D eigenvalue weighted by Gasteiger charge is 2.17. The molecule has 2 rings (SSSR count). The summed E-state index contributed by atoms with van der Waals surface area (Å²) in [7, 11) is 0. The molecule has 2 aliphatic rings. The van der Waals surface area contributed by atoms with E-state index in [2.05, 4.69) is 31.2 Å². The lowest BCUT2D eigenvalue weighted by atomic mass is 9.81. The van der Waals surface area contributed by atoms with Gasteiger partial charge in [0.2, 0.25) is 0 Å². The monoisotopic (exact) mass is 146 g/mol. The van der Waals surface area contributed by atoms with Crippen LogP contribution in [0.5, 0.6) is 0 Å². The van der Waals surface area contributed by atoms with Gasteiger partial charge in [0.1, 0.15) is 0 Å². The lowest BCUT2D eigenvalue weighted by Crippen LogP contribution is -2.09. The summed E-state index contributed by atoms with van der Waals surface area (Å²) in [6.07, 6.45) is 13.0. The molecule has 0 saturated heterocycles. The molecule has 1 atom stereocenters. The van der Waals surface area contributed by atoms with Crippen molar-refractivity contribution >= 4 is 0 Å². The predicted octanol–water partition coefficient (Wildman–Crippen LogP) is 3.23. The van der Waals surface area contributed by atoms with Crippen LogP contribution in [0.3, 0.4) is 0 Å². The smallest absolute Gasteiger partial charge is 0.0124 e. The van der Waals surface area contributed by atoms with Gasteiger partial charge in [-0.25, -0.2) is 0 Å². The second kappa shape index (κ2) is 2.69. The molecule has 58 valence electrons. The minimum Gasteiger partial charge on any atom is -0.0839 e. The van der Waals surface area contributed by atoms with Crippen LogP contribution in [0, 0.1) is 5.92 Å². The van der Waals surface area contributed by atoms with Gasteiger partial charge in [-0.1, -0.05) is 29.9 Å². The van der Waals surface area contributed by atoms with Crippen molar-refractivity contribution in [3.8, 4) is 0 Å². The van der Waals surface area contributed by atoms with Crippen LogP contribution in [0.1, 0.15) is 26.2 Å². The first kappa shape index (κ1) is 6.90. The minimum atomic E-state index is 0.837. The van der Waals surface area contributed by atoms with E-state index in [1.807, 2.05) is 0 Å². The fourth-order valence-electron chi connectivity index (χ4n) is 1.90. The standard InChI is InChI=1S/C11H14/c1-9-6-7-10-4-2-3-5-11(10)8-9/h2-3,5,8,10H,4,6-7H2,1H3. The zero-order valence-electron chi connectivity index (χ0n) is 7.01. The first-order valence-corrected chi connectivity index (χ1v) is 4.40. The third kappa shape index (κ3) is 1.30. The zero-order chi connectivity index (χ0) is 7.68. The van der Waals surface area contributed by atoms with Gasteiger partial charge in [-0.3, -0.25) is 0 Å². The molecule has 0 aliphatic heterocycles. The Hall–Kier alpha value is -0.780. The molecule has 0 aromatic heterocycles. The second-order valence-electron chi connectivity index (χ2n) is 3.56. The maximum absolute atomic E-state index is 2.36. The number of hydrogen-bond donors (Lipinski definition) is 0. The van der Waals surface area contributed by atoms with Crippen molar-refractivity contribution in [2.75, 3.05) is 0 Å². The SMILES string of the molecule is CC1=CC2=CC=CCC2CC1. The van der Waals surface area contributed by atoms with E-state index in [1.165, 1.54) is 19.3 Å². The third-order valence-corrected chi connectivity index (χ3v) is 2.62. The summed E-state index contributed by atoms with van der Waals surface area (Å²) in [4.78, 5) is 0. The van der Waals surface area contributed by atoms with Crippen molar-refractivity contribution in [2.24, 2.45) is 5.92 Å². The Morgan fingerprint density at radius 3 is 3.27 bits per heavy atom. The maximum atomic E-state index is 2.36. The molecule has 2 aliphatic carbocycles. The molecule has 0 aromatic carbocycles. The average molecular weight is 146 g/mol. The van der Waals surface area contributed by atoms with Crippen LogP contribution in [0.15, 0.2) is 35.5 Å². The molecule has 0 spiro atoms. The molecule has 0 fully saturated rings. The normalized spacial score (nSPS) is 29.0. The van der Waals surface area contributed by atoms with E-state index in [-0.39, 0.29) is 0 Å². The highest BCUT2D eigenvalue weighted by Crippen LogP contribution is 2.32. The van der Waals surface area contributed by atoms with Crippen LogP contribution in [0.2, 0.25) is 0 Å². The van der Waals surface area contributed by atoms with Crippen molar-refractivity contribution in [1.82, 2.24) is 0 Å². The van der Waals surface area contributed by atoms with E-state index in [1.54, 1.807) is 11.1 Å². The highest BCUT2D eigenvalue weighted by molar-refractivity contribution is 5.34. The van der Waals surface area contributed by atoms with E-state index in [0.29, 0.717) is 0 Å². The van der Waals surface area contributed by atoms with Crippen LogP contribution in [0.4, 0.5) is 0 Å². The molecule has 11 heavy (non-hydrogen) atoms. The topological polar surface area (TPSA) is 0 Å². The van der Waals surface area contributed by atoms with E-state index >= 15 is 0 Å². The molecule has 0 nitrogen and oxygen atoms in total. The lowest BCUT2D eigenvalue weighted by Gasteiger charge is -2.24. The summed E-state index contributed by atoms with van der Waals surface area (Å²) in [6, 6.07) is 0. The van der Waals surface area contributed by atoms with Crippen LogP contribution in [-0.4, -0.2) is 0 Å². The van der Waals surface area contributed by atoms with Crippen LogP contribution in [0.25, 0.3) is 0 Å². The minimum absolute atomic E-state index is 0.837. The molecular formula is C11H14. The van der Waals surface area contributed by atoms with Crippen molar-refractivity contribution < 1.29 is 0 Å². The molecule has 0 N–H and O–H groups in total. The molecule has 0 heterocycles. The molecule has 0 saturated carbocycles. The van der Waals surface area contributed by atoms with Gasteiger partial charge in [0.15, 0.2) is 0 Å². The van der Waals surface area contributed by atoms with E-state index < -0.39 is 0 Å². The summed E-state index contributed by atoms with van der Waals surface area (Å²) in [5.41, 5.74) is 3.10. The van der Waals surface area contributed by atoms with Crippen LogP contribution in [-0.2, 0) is 0 Å². The summed E-state index contributed by atoms with van der Waals surface area (Å²) in [6.45, 7) is 2.23. The van der Waals surface area contributed by atoms with E-state index in [0.717, 1.165) is 5.92 Å². The first-order chi connectivity index (χ1) is 5.36. The van der Waals surface area contributed by atoms with Gasteiger partial charge < -0.3 is 0 Å². The molecule has 0 aromatic rings. The fourth-order valence-corrected chi connectivity index (χ4v) is 1.90. The van der Waals surface area contributed by atoms with Gasteiger partial charge in [0, 0.05) is 0 Å². The van der Waals surface area contributed by atoms with Crippen LogP contribution >= 0.6 is 0 Å². The van der Waals surface area contributed by atoms with E-state index in [9.17, 15) is 0 Å². The summed E-state index contributed by atoms with van der Waals surface area (Å²) in [5, 5.41) is 0. The summed E-state index contributed by atoms with van der Waals surface area (Å²) < 4.78 is 0. The molecule has 0 bridgehead atoms. The quantitative estimate of drug-likeness (QED) is 0.492. The molecule has 0 amide bonds. The summed E-state index contributed by atoms with van der Waals surface area (Å²) in [5.74, 6) is 0.837. The Morgan fingerprint density at radius 2 is 2.36 bits per heavy atom. The molecule has 0 heteroatoms. The third-order valence-electron chi connectivity index (χ3n) is 2.62. The second-order valence-corrected chi connectivity index (χ2v) is 3.56. The van der Waals surface area contributed by atoms with Crippen molar-refractivity contribution in [2.45, 2.75) is 26.2 Å². The Balaban J connectivity index is 2.29. The zero-order valence-corrected chi connectivity index (χ0v) is 7.01. The van der Waals surface area contributed by atoms with Crippen molar-refractivity contribution in [3.63, 3.8) is 0 Å². The van der Waals surface area contributed by atoms with Crippen LogP contribution < -0.4 is 0 Å². The Kier molecular flexibility index (Phi) is 1.69. The van der Waals surface area contributed by atoms with Crippen molar-refractivity contribution in [3.05, 3.63) is 35.5 Å². The van der Waals surface area contributed by atoms with Gasteiger partial charge in [-0.2, -0.15) is 0 Å². The summed E-state index contributed by atoms with van der Waals surface area (Å²) >= 11 is 0. The Bertz CT molecular complexity index is 238. The average Bonchev–Trinajstić information content (AvgIpc) is 2.04. The molecular weight excluding hydrogens is 132 g/mol. The largest absolute Gasteiger partial charge is 0.0839 e. The predicted molar refractivity (Wildman–Crippen MR) is 48.3 cm³/mol. The Morgan fingerprint density at radius 1 is 1.45 bits per heavy atom. The number of rotatable bonds is 0. The first-order valence-electron chi connectivity index (χ1n) is 4.40. The van der Waals surface area contributed by atoms with E-state index in [4.69, 9.17) is 0 Å². The Labute approximate surface area is 68.3 Å². The molecule has 0 radical (unpaired) electrons. The number of hydrogen-bond acceptors (Lipinski definition) is 0. The van der Waals surface area contributed by atoms with Gasteiger partial charge in [0.05, 0.1) is 0 Å². The van der Waals surface area contributed by atoms with Gasteiger partial charge >= 0.3 is 0 Å². The number of fused-ring (bicyclic) bond motifs is 1. The van der Waals surface area contributed by atoms with Gasteiger partial charge in [0.25, 0.3) is 0 Å². The van der Waals surface area contributed by atoms with Crippen molar-refractivity contribution in [1.29, 1.82) is 0 Å². The maximum Gasteiger partial charge on any atom is -0.0124 e. The molecule has 1 unspecified atom stereocenters. The lowest BCUT2D eigenvalue weighted by molar-refractivity contribution is 0.553. The highest BCUT2D eigenvalue weighted by atomic mass is 14.2. The number of allylic oxidation sites excluding steroid dienone is 6. The van der Waals surface area contributed by atoms with Gasteiger partial charge in [-0.05, 0) is 37.7 Å². The fraction of sp³-hybridized carbons (Fsp3) is 0.455. The van der Waals surface area contributed by atoms with Gasteiger partial charge in [-0.15, -0.1) is 0 Å².